The van der Waals surface area contributed by atoms with Crippen molar-refractivity contribution in [2.45, 2.75) is 6.92 Å². The van der Waals surface area contributed by atoms with Gasteiger partial charge in [0.05, 0.1) is 11.0 Å². The molecule has 2 N–H and O–H groups in total. The molecule has 0 aliphatic heterocycles. The molecule has 0 saturated carbocycles. The third-order valence-electron chi connectivity index (χ3n) is 3.63. The van der Waals surface area contributed by atoms with E-state index in [1.54, 1.807) is 24.3 Å². The molecule has 0 bridgehead atoms. The minimum absolute atomic E-state index is 0.0811. The molecule has 1 heterocycles. The van der Waals surface area contributed by atoms with Crippen LogP contribution in [0.1, 0.15) is 5.56 Å². The predicted molar refractivity (Wildman–Crippen MR) is 93.8 cm³/mol. The van der Waals surface area contributed by atoms with Crippen LogP contribution < -0.4 is 5.32 Å². The number of aromatic amines is 1. The number of benzene rings is 2. The molecule has 3 rings (SSSR count). The lowest BCUT2D eigenvalue weighted by molar-refractivity contribution is 1.33. The average Bonchev–Trinajstić information content (AvgIpc) is 3.05. The molecular weight excluding hydrogens is 312 g/mol. The van der Waals surface area contributed by atoms with Gasteiger partial charge in [-0.25, -0.2) is 4.98 Å². The lowest BCUT2D eigenvalue weighted by Gasteiger charge is -2.06. The van der Waals surface area contributed by atoms with Crippen LogP contribution in [0.4, 0.5) is 5.69 Å². The summed E-state index contributed by atoms with van der Waals surface area (Å²) < 4.78 is 0. The summed E-state index contributed by atoms with van der Waals surface area (Å²) in [6.07, 6.45) is 0. The molecular formula is C19H12N6. The van der Waals surface area contributed by atoms with E-state index in [1.807, 2.05) is 43.3 Å². The van der Waals surface area contributed by atoms with Gasteiger partial charge < -0.3 is 10.3 Å². The zero-order valence-electron chi connectivity index (χ0n) is 13.3. The Labute approximate surface area is 144 Å². The van der Waals surface area contributed by atoms with Crippen LogP contribution >= 0.6 is 0 Å². The standard InChI is InChI=1S/C19H12N6/c1-12-5-6-16-17(7-12)25-19(24-16)13-3-2-4-15(8-13)23-18(11-22)14(9-20)10-21/h2-8,23H,1H3,(H,24,25). The molecule has 2 aromatic carbocycles. The highest BCUT2D eigenvalue weighted by Gasteiger charge is 2.09. The minimum atomic E-state index is -0.257. The van der Waals surface area contributed by atoms with Crippen LogP contribution in [0.5, 0.6) is 0 Å². The van der Waals surface area contributed by atoms with Gasteiger partial charge in [-0.05, 0) is 36.8 Å². The zero-order chi connectivity index (χ0) is 17.8. The van der Waals surface area contributed by atoms with Gasteiger partial charge in [-0.1, -0.05) is 18.2 Å². The molecule has 6 nitrogen and oxygen atoms in total. The van der Waals surface area contributed by atoms with Gasteiger partial charge in [0.15, 0.2) is 5.57 Å². The SMILES string of the molecule is Cc1ccc2nc(-c3cccc(NC(C#N)=C(C#N)C#N)c3)[nH]c2c1. The van der Waals surface area contributed by atoms with Crippen LogP contribution in [0.3, 0.4) is 0 Å². The number of aryl methyl sites for hydroxylation is 1. The highest BCUT2D eigenvalue weighted by molar-refractivity contribution is 5.80. The van der Waals surface area contributed by atoms with Crippen molar-refractivity contribution in [1.82, 2.24) is 9.97 Å². The second-order valence-corrected chi connectivity index (χ2v) is 5.40. The predicted octanol–water partition coefficient (Wildman–Crippen LogP) is 3.78. The fourth-order valence-corrected chi connectivity index (χ4v) is 2.43. The van der Waals surface area contributed by atoms with E-state index >= 15 is 0 Å². The Morgan fingerprint density at radius 2 is 1.84 bits per heavy atom. The number of fused-ring (bicyclic) bond motifs is 1. The molecule has 0 radical (unpaired) electrons. The largest absolute Gasteiger partial charge is 0.345 e. The molecule has 0 unspecified atom stereocenters. The summed E-state index contributed by atoms with van der Waals surface area (Å²) in [6.45, 7) is 2.02. The molecule has 1 aromatic heterocycles. The van der Waals surface area contributed by atoms with Gasteiger partial charge in [0, 0.05) is 11.3 Å². The number of anilines is 1. The second-order valence-electron chi connectivity index (χ2n) is 5.40. The number of H-pyrrole nitrogens is 1. The quantitative estimate of drug-likeness (QED) is 0.712. The highest BCUT2D eigenvalue weighted by Crippen LogP contribution is 2.24. The smallest absolute Gasteiger partial charge is 0.163 e. The minimum Gasteiger partial charge on any atom is -0.345 e. The van der Waals surface area contributed by atoms with Crippen molar-refractivity contribution in [2.24, 2.45) is 0 Å². The van der Waals surface area contributed by atoms with E-state index in [-0.39, 0.29) is 11.3 Å². The fourth-order valence-electron chi connectivity index (χ4n) is 2.43. The Kier molecular flexibility index (Phi) is 4.16. The lowest BCUT2D eigenvalue weighted by atomic mass is 10.1. The monoisotopic (exact) mass is 324 g/mol. The molecule has 0 spiro atoms. The summed E-state index contributed by atoms with van der Waals surface area (Å²) in [6, 6.07) is 18.5. The van der Waals surface area contributed by atoms with Crippen LogP contribution in [-0.4, -0.2) is 9.97 Å². The maximum atomic E-state index is 9.14. The number of aromatic nitrogens is 2. The molecule has 25 heavy (non-hydrogen) atoms. The third kappa shape index (κ3) is 3.17. The zero-order valence-corrected chi connectivity index (χ0v) is 13.3. The van der Waals surface area contributed by atoms with Crippen molar-refractivity contribution in [3.8, 4) is 29.6 Å². The summed E-state index contributed by atoms with van der Waals surface area (Å²) in [4.78, 5) is 7.84. The van der Waals surface area contributed by atoms with E-state index in [0.717, 1.165) is 22.2 Å². The molecule has 3 aromatic rings. The third-order valence-corrected chi connectivity index (χ3v) is 3.63. The molecule has 6 heteroatoms. The summed E-state index contributed by atoms with van der Waals surface area (Å²) in [5.74, 6) is 0.701. The molecule has 0 aliphatic carbocycles. The maximum absolute atomic E-state index is 9.14. The number of hydrogen-bond donors (Lipinski definition) is 2. The molecule has 0 aliphatic rings. The molecule has 0 fully saturated rings. The molecule has 118 valence electrons. The molecule has 0 amide bonds. The normalized spacial score (nSPS) is 9.68. The van der Waals surface area contributed by atoms with E-state index in [1.165, 1.54) is 0 Å². The Morgan fingerprint density at radius 3 is 2.56 bits per heavy atom. The van der Waals surface area contributed by atoms with Gasteiger partial charge in [-0.3, -0.25) is 0 Å². The van der Waals surface area contributed by atoms with Gasteiger partial charge in [0.1, 0.15) is 29.7 Å². The Balaban J connectivity index is 1.99. The first-order chi connectivity index (χ1) is 12.1. The van der Waals surface area contributed by atoms with Crippen molar-refractivity contribution in [1.29, 1.82) is 15.8 Å². The Bertz CT molecular complexity index is 1100. The fraction of sp³-hybridized carbons (Fsp3) is 0.0526. The average molecular weight is 324 g/mol. The summed E-state index contributed by atoms with van der Waals surface area (Å²) in [5, 5.41) is 29.8. The van der Waals surface area contributed by atoms with Crippen molar-refractivity contribution >= 4 is 16.7 Å². The van der Waals surface area contributed by atoms with E-state index in [9.17, 15) is 0 Å². The number of nitriles is 3. The highest BCUT2D eigenvalue weighted by atomic mass is 14.9. The van der Waals surface area contributed by atoms with E-state index in [0.29, 0.717) is 11.5 Å². The van der Waals surface area contributed by atoms with Crippen molar-refractivity contribution in [3.63, 3.8) is 0 Å². The first kappa shape index (κ1) is 15.8. The second kappa shape index (κ2) is 6.58. The lowest BCUT2D eigenvalue weighted by Crippen LogP contribution is -2.00. The van der Waals surface area contributed by atoms with Crippen LogP contribution in [0.15, 0.2) is 53.7 Å². The van der Waals surface area contributed by atoms with Gasteiger partial charge in [0.25, 0.3) is 0 Å². The summed E-state index contributed by atoms with van der Waals surface area (Å²) >= 11 is 0. The van der Waals surface area contributed by atoms with Crippen LogP contribution in [0, 0.1) is 40.9 Å². The first-order valence-electron chi connectivity index (χ1n) is 7.43. The maximum Gasteiger partial charge on any atom is 0.163 e. The molecule has 0 atom stereocenters. The van der Waals surface area contributed by atoms with Crippen molar-refractivity contribution in [3.05, 3.63) is 59.3 Å². The van der Waals surface area contributed by atoms with Crippen molar-refractivity contribution < 1.29 is 0 Å². The van der Waals surface area contributed by atoms with Crippen LogP contribution in [0.2, 0.25) is 0 Å². The van der Waals surface area contributed by atoms with E-state index < -0.39 is 0 Å². The number of hydrogen-bond acceptors (Lipinski definition) is 5. The summed E-state index contributed by atoms with van der Waals surface area (Å²) in [7, 11) is 0. The van der Waals surface area contributed by atoms with E-state index in [4.69, 9.17) is 15.8 Å². The van der Waals surface area contributed by atoms with Gasteiger partial charge >= 0.3 is 0 Å². The number of imidazole rings is 1. The number of nitrogens with one attached hydrogen (secondary N) is 2. The van der Waals surface area contributed by atoms with Crippen molar-refractivity contribution in [2.75, 3.05) is 5.32 Å². The molecule has 0 saturated heterocycles. The Hall–Kier alpha value is -4.08. The van der Waals surface area contributed by atoms with Gasteiger partial charge in [-0.2, -0.15) is 15.8 Å². The summed E-state index contributed by atoms with van der Waals surface area (Å²) in [5.41, 5.74) is 4.03. The number of nitrogens with zero attached hydrogens (tertiary/aromatic N) is 4. The topological polar surface area (TPSA) is 112 Å². The number of allylic oxidation sites excluding steroid dienone is 2. The Morgan fingerprint density at radius 1 is 1.04 bits per heavy atom. The van der Waals surface area contributed by atoms with Crippen LogP contribution in [0.25, 0.3) is 22.4 Å². The number of rotatable bonds is 3. The van der Waals surface area contributed by atoms with Gasteiger partial charge in [-0.15, -0.1) is 0 Å². The van der Waals surface area contributed by atoms with Gasteiger partial charge in [0.2, 0.25) is 0 Å². The van der Waals surface area contributed by atoms with Crippen LogP contribution in [-0.2, 0) is 0 Å². The first-order valence-corrected chi connectivity index (χ1v) is 7.43. The van der Waals surface area contributed by atoms with E-state index in [2.05, 4.69) is 15.3 Å².